The highest BCUT2D eigenvalue weighted by Gasteiger charge is 2.21. The van der Waals surface area contributed by atoms with E-state index < -0.39 is 8.07 Å². The molecule has 117 heavy (non-hydrogen) atoms. The zero-order valence-corrected chi connectivity index (χ0v) is 77.0. The van der Waals surface area contributed by atoms with Gasteiger partial charge in [-0.2, -0.15) is 0 Å². The van der Waals surface area contributed by atoms with Gasteiger partial charge in [-0.25, -0.2) is 4.98 Å². The van der Waals surface area contributed by atoms with Gasteiger partial charge in [0.05, 0.1) is 71.4 Å². The maximum Gasteiger partial charge on any atom is 0.106 e. The highest BCUT2D eigenvalue weighted by molar-refractivity contribution is 9.10. The Morgan fingerprint density at radius 2 is 0.778 bits per heavy atom. The van der Waals surface area contributed by atoms with Gasteiger partial charge in [0.25, 0.3) is 0 Å². The molecule has 0 spiro atoms. The molecule has 1 aliphatic rings. The van der Waals surface area contributed by atoms with Crippen molar-refractivity contribution in [2.24, 2.45) is 34.9 Å². The van der Waals surface area contributed by atoms with E-state index in [-0.39, 0.29) is 16.9 Å². The van der Waals surface area contributed by atoms with Gasteiger partial charge in [0, 0.05) is 136 Å². The van der Waals surface area contributed by atoms with Crippen LogP contribution in [0.2, 0.25) is 19.6 Å². The van der Waals surface area contributed by atoms with Crippen LogP contribution < -0.4 is 0 Å². The molecule has 2 atom stereocenters. The minimum absolute atomic E-state index is 0.124. The molecule has 0 amide bonds. The second-order valence-electron chi connectivity index (χ2n) is 32.3. The van der Waals surface area contributed by atoms with Crippen LogP contribution in [0.5, 0.6) is 0 Å². The van der Waals surface area contributed by atoms with E-state index in [1.807, 2.05) is 244 Å². The fraction of sp³-hybridized carbons (Fsp3) is 0.402. The first kappa shape index (κ1) is 101. The normalized spacial score (nSPS) is 12.9. The van der Waals surface area contributed by atoms with Crippen LogP contribution in [0.25, 0.3) is 11.4 Å². The number of hydrogen-bond acceptors (Lipinski definition) is 18. The second kappa shape index (κ2) is 57.9. The Morgan fingerprint density at radius 1 is 0.410 bits per heavy atom. The minimum Gasteiger partial charge on any atom is -0.308 e. The lowest BCUT2D eigenvalue weighted by atomic mass is 9.86. The number of pyridine rings is 9. The van der Waals surface area contributed by atoms with Crippen molar-refractivity contribution in [1.29, 1.82) is 0 Å². The summed E-state index contributed by atoms with van der Waals surface area (Å²) in [5.41, 5.74) is 13.9. The standard InChI is InChI=1S/C18H24N2.C14H13BrN2.C12H16N2.C11H18N2Si.C10H14N2.2C9H12N2.C8H10N2.C6H16N2/c1-17(2,3)13-7-9-19-15(11-13)16-12-14(8-10-20-16)18(4,5)6;1-11(12-6-3-2-4-7-12)16-10-13-8-5-9-14(15)17-13;1-2-6-11(7-3-1)14-10-12-8-4-5-9-13-12;1-10(14(2,3)4)13-9-11-7-5-6-8-12-11;1-8(2)11-7-10-6-4-5-9(3)12-10;2*1-8(2)11-7-9-5-3-4-6-10-9;1-2-9-7-8-5-3-4-6-10-8;1-7(2)5-6-8(3)4/h7-12H,1-6H3;2-11H,1H3;4-5,8-11H,1-3,6-7H2;5-10H,1-4H3;4-8H,1-3H3;2*3-8H,1-2H3;3-7H,2H2,1H3;5-6H2,1-4H3. The molecule has 0 aliphatic heterocycles. The Bertz CT molecular complexity index is 4300. The highest BCUT2D eigenvalue weighted by atomic mass is 79.9. The molecule has 0 saturated heterocycles. The summed E-state index contributed by atoms with van der Waals surface area (Å²) in [4.78, 5) is 72.9. The predicted molar refractivity (Wildman–Crippen MR) is 508 cm³/mol. The fourth-order valence-electron chi connectivity index (χ4n) is 9.56. The molecule has 11 rings (SSSR count). The highest BCUT2D eigenvalue weighted by Crippen LogP contribution is 2.29. The van der Waals surface area contributed by atoms with Crippen LogP contribution in [0.1, 0.15) is 204 Å². The van der Waals surface area contributed by atoms with Gasteiger partial charge in [-0.15, -0.1) is 0 Å². The molecule has 10 aromatic rings. The summed E-state index contributed by atoms with van der Waals surface area (Å²) in [6, 6.07) is 61.2. The van der Waals surface area contributed by atoms with Gasteiger partial charge >= 0.3 is 0 Å². The quantitative estimate of drug-likeness (QED) is 0.0398. The second-order valence-corrected chi connectivity index (χ2v) is 38.7. The molecule has 1 aliphatic carbocycles. The molecule has 9 heterocycles. The van der Waals surface area contributed by atoms with Gasteiger partial charge in [-0.3, -0.25) is 74.8 Å². The van der Waals surface area contributed by atoms with E-state index in [1.54, 1.807) is 43.4 Å². The van der Waals surface area contributed by atoms with E-state index in [4.69, 9.17) is 0 Å². The smallest absolute Gasteiger partial charge is 0.106 e. The molecule has 9 aromatic heterocycles. The number of benzene rings is 1. The zero-order chi connectivity index (χ0) is 86.3. The number of aryl methyl sites for hydroxylation is 1. The van der Waals surface area contributed by atoms with E-state index >= 15 is 0 Å². The first-order valence-corrected chi connectivity index (χ1v) is 45.2. The van der Waals surface area contributed by atoms with E-state index in [0.717, 1.165) is 81.2 Å². The molecule has 2 unspecified atom stereocenters. The number of halogens is 1. The Balaban J connectivity index is 0.000000344. The summed E-state index contributed by atoms with van der Waals surface area (Å²) >= 11 is 3.34. The maximum atomic E-state index is 4.57. The number of likely N-dealkylation sites (N-methyl/N-ethyl adjacent to an activating group) is 2. The molecule has 1 aromatic carbocycles. The average Bonchev–Trinajstić information content (AvgIpc) is 0.813. The summed E-state index contributed by atoms with van der Waals surface area (Å²) in [5, 5.41) is 0. The average molecular weight is 1660 g/mol. The van der Waals surface area contributed by atoms with E-state index in [1.165, 1.54) is 48.8 Å². The Morgan fingerprint density at radius 3 is 1.15 bits per heavy atom. The Hall–Kier alpha value is -10.1. The largest absolute Gasteiger partial charge is 0.308 e. The molecule has 1 fully saturated rings. The predicted octanol–water partition coefficient (Wildman–Crippen LogP) is 22.0. The van der Waals surface area contributed by atoms with Crippen LogP contribution in [-0.2, 0) is 10.8 Å². The van der Waals surface area contributed by atoms with E-state index in [2.05, 4.69) is 245 Å². The van der Waals surface area contributed by atoms with E-state index in [9.17, 15) is 0 Å². The summed E-state index contributed by atoms with van der Waals surface area (Å²) in [5.74, 6) is 0. The number of aliphatic imine (C=N–C) groups is 7. The molecule has 20 heteroatoms. The molecule has 18 nitrogen and oxygen atoms in total. The fourth-order valence-corrected chi connectivity index (χ4v) is 10.4. The van der Waals surface area contributed by atoms with Crippen LogP contribution in [0.4, 0.5) is 0 Å². The van der Waals surface area contributed by atoms with Crippen LogP contribution in [0, 0.1) is 6.92 Å². The summed E-state index contributed by atoms with van der Waals surface area (Å²) in [6.45, 7) is 43.9. The van der Waals surface area contributed by atoms with Crippen LogP contribution in [-0.4, -0.2) is 184 Å². The van der Waals surface area contributed by atoms with Crippen molar-refractivity contribution < 1.29 is 0 Å². The van der Waals surface area contributed by atoms with Gasteiger partial charge in [0.1, 0.15) is 4.60 Å². The maximum absolute atomic E-state index is 4.57. The molecule has 624 valence electrons. The topological polar surface area (TPSA) is 209 Å². The van der Waals surface area contributed by atoms with Gasteiger partial charge in [0.15, 0.2) is 0 Å². The van der Waals surface area contributed by atoms with Crippen molar-refractivity contribution in [1.82, 2.24) is 54.7 Å². The monoisotopic (exact) mass is 1660 g/mol. The van der Waals surface area contributed by atoms with Gasteiger partial charge in [-0.1, -0.05) is 153 Å². The number of rotatable bonds is 20. The van der Waals surface area contributed by atoms with Gasteiger partial charge in [0.2, 0.25) is 0 Å². The molecule has 1 saturated carbocycles. The third kappa shape index (κ3) is 50.2. The van der Waals surface area contributed by atoms with Crippen LogP contribution in [0.15, 0.2) is 265 Å². The lowest BCUT2D eigenvalue weighted by Crippen LogP contribution is -2.34. The SMILES string of the molecule is C(=NC1CCCCC1)c1ccccn1.CC(C)(C)c1ccnc(-c2cc(C(C)(C)C)ccn2)c1.CC(C)N=Cc1ccccn1.CC(C)N=Cc1ccccn1.CC(N=Cc1cccc(Br)n1)c1ccccc1.CC(N=Cc1ccccn1)[Si](C)(C)C.CCN=Cc1ccccn1.CN(C)CCN(C)C.Cc1cccc(C=NC(C)C)n1. The van der Waals surface area contributed by atoms with Crippen molar-refractivity contribution in [3.8, 4) is 11.4 Å². The van der Waals surface area contributed by atoms with Crippen molar-refractivity contribution in [2.45, 2.75) is 209 Å². The van der Waals surface area contributed by atoms with Gasteiger partial charge in [-0.05, 0) is 263 Å². The minimum atomic E-state index is -1.14. The van der Waals surface area contributed by atoms with Crippen molar-refractivity contribution in [3.05, 3.63) is 292 Å². The Labute approximate surface area is 713 Å². The summed E-state index contributed by atoms with van der Waals surface area (Å²) in [6.07, 6.45) is 32.0. The molecule has 0 radical (unpaired) electrons. The van der Waals surface area contributed by atoms with Crippen molar-refractivity contribution in [3.63, 3.8) is 0 Å². The lowest BCUT2D eigenvalue weighted by Gasteiger charge is -2.21. The summed E-state index contributed by atoms with van der Waals surface area (Å²) < 4.78 is 0.828. The molecular weight excluding hydrogens is 1530 g/mol. The molecule has 0 N–H and O–H groups in total. The first-order valence-electron chi connectivity index (χ1n) is 40.8. The van der Waals surface area contributed by atoms with E-state index in [0.29, 0.717) is 29.8 Å². The number of aromatic nitrogens is 9. The number of hydrogen-bond donors (Lipinski definition) is 0. The third-order valence-electron chi connectivity index (χ3n) is 16.9. The van der Waals surface area contributed by atoms with Crippen molar-refractivity contribution in [2.75, 3.05) is 47.8 Å². The van der Waals surface area contributed by atoms with Crippen LogP contribution in [0.3, 0.4) is 0 Å². The molecule has 0 bridgehead atoms. The molecular formula is C97H135BrN18Si. The first-order chi connectivity index (χ1) is 55.7. The van der Waals surface area contributed by atoms with Crippen LogP contribution >= 0.6 is 15.9 Å². The van der Waals surface area contributed by atoms with Gasteiger partial charge < -0.3 is 9.80 Å². The van der Waals surface area contributed by atoms with Crippen molar-refractivity contribution >= 4 is 67.5 Å². The third-order valence-corrected chi connectivity index (χ3v) is 20.0. The lowest BCUT2D eigenvalue weighted by molar-refractivity contribution is 0.320. The Kier molecular flexibility index (Phi) is 50.0. The number of nitrogens with zero attached hydrogens (tertiary/aromatic N) is 18. The zero-order valence-electron chi connectivity index (χ0n) is 74.5. The summed E-state index contributed by atoms with van der Waals surface area (Å²) in [7, 11) is 7.21.